The van der Waals surface area contributed by atoms with Gasteiger partial charge in [-0.3, -0.25) is 0 Å². The number of rotatable bonds is 4. The molecule has 1 aromatic rings. The maximum absolute atomic E-state index is 10.0. The SMILES string of the molecule is CCC(O)(C#CC(O)c1ccc(SC)cc1)CC. The summed E-state index contributed by atoms with van der Waals surface area (Å²) in [4.78, 5) is 1.15. The largest absolute Gasteiger partial charge is 0.378 e. The Morgan fingerprint density at radius 3 is 2.22 bits per heavy atom. The maximum atomic E-state index is 10.0. The van der Waals surface area contributed by atoms with Crippen molar-refractivity contribution in [2.45, 2.75) is 43.3 Å². The predicted octanol–water partition coefficient (Wildman–Crippen LogP) is 3.00. The van der Waals surface area contributed by atoms with Gasteiger partial charge in [0.1, 0.15) is 11.7 Å². The van der Waals surface area contributed by atoms with Crippen molar-refractivity contribution in [3.05, 3.63) is 29.8 Å². The molecule has 0 aliphatic carbocycles. The van der Waals surface area contributed by atoms with E-state index < -0.39 is 11.7 Å². The second kappa shape index (κ2) is 6.84. The molecule has 0 saturated carbocycles. The van der Waals surface area contributed by atoms with Crippen LogP contribution in [0.5, 0.6) is 0 Å². The highest BCUT2D eigenvalue weighted by Gasteiger charge is 2.18. The summed E-state index contributed by atoms with van der Waals surface area (Å²) < 4.78 is 0. The third-order valence-corrected chi connectivity index (χ3v) is 3.79. The molecule has 0 saturated heterocycles. The molecule has 0 fully saturated rings. The van der Waals surface area contributed by atoms with Gasteiger partial charge in [-0.15, -0.1) is 11.8 Å². The molecular weight excluding hydrogens is 244 g/mol. The van der Waals surface area contributed by atoms with E-state index in [2.05, 4.69) is 11.8 Å². The molecule has 0 aliphatic rings. The van der Waals surface area contributed by atoms with E-state index in [1.807, 2.05) is 44.4 Å². The Hall–Kier alpha value is -0.950. The van der Waals surface area contributed by atoms with Crippen LogP contribution in [0.15, 0.2) is 29.2 Å². The molecule has 0 bridgehead atoms. The van der Waals surface area contributed by atoms with Gasteiger partial charge in [-0.2, -0.15) is 0 Å². The van der Waals surface area contributed by atoms with Crippen LogP contribution in [0.4, 0.5) is 0 Å². The van der Waals surface area contributed by atoms with Crippen molar-refractivity contribution >= 4 is 11.8 Å². The molecule has 0 radical (unpaired) electrons. The minimum absolute atomic E-state index is 0.564. The van der Waals surface area contributed by atoms with Crippen LogP contribution in [0.2, 0.25) is 0 Å². The Morgan fingerprint density at radius 1 is 1.22 bits per heavy atom. The predicted molar refractivity (Wildman–Crippen MR) is 76.5 cm³/mol. The highest BCUT2D eigenvalue weighted by Crippen LogP contribution is 2.19. The van der Waals surface area contributed by atoms with E-state index in [0.29, 0.717) is 12.8 Å². The van der Waals surface area contributed by atoms with Crippen LogP contribution in [-0.2, 0) is 0 Å². The highest BCUT2D eigenvalue weighted by atomic mass is 32.2. The van der Waals surface area contributed by atoms with E-state index in [4.69, 9.17) is 0 Å². The lowest BCUT2D eigenvalue weighted by atomic mass is 9.97. The molecule has 1 aromatic carbocycles. The third-order valence-electron chi connectivity index (χ3n) is 3.04. The van der Waals surface area contributed by atoms with Crippen molar-refractivity contribution < 1.29 is 10.2 Å². The van der Waals surface area contributed by atoms with Gasteiger partial charge >= 0.3 is 0 Å². The van der Waals surface area contributed by atoms with E-state index in [9.17, 15) is 10.2 Å². The quantitative estimate of drug-likeness (QED) is 0.649. The van der Waals surface area contributed by atoms with Gasteiger partial charge in [0.15, 0.2) is 0 Å². The minimum Gasteiger partial charge on any atom is -0.378 e. The Kier molecular flexibility index (Phi) is 5.74. The summed E-state index contributed by atoms with van der Waals surface area (Å²) in [6.07, 6.45) is 2.29. The van der Waals surface area contributed by atoms with Gasteiger partial charge in [0.05, 0.1) is 0 Å². The molecule has 18 heavy (non-hydrogen) atoms. The van der Waals surface area contributed by atoms with E-state index in [1.165, 1.54) is 0 Å². The summed E-state index contributed by atoms with van der Waals surface area (Å²) in [6.45, 7) is 3.77. The standard InChI is InChI=1S/C15H20O2S/c1-4-15(17,5-2)11-10-14(16)12-6-8-13(18-3)9-7-12/h6-9,14,16-17H,4-5H2,1-3H3. The Balaban J connectivity index is 2.81. The molecule has 2 N–H and O–H groups in total. The summed E-state index contributed by atoms with van der Waals surface area (Å²) >= 11 is 1.66. The average Bonchev–Trinajstić information content (AvgIpc) is 2.44. The summed E-state index contributed by atoms with van der Waals surface area (Å²) in [6, 6.07) is 7.64. The molecule has 98 valence electrons. The molecule has 1 unspecified atom stereocenters. The fourth-order valence-electron chi connectivity index (χ4n) is 1.50. The summed E-state index contributed by atoms with van der Waals surface area (Å²) in [5.74, 6) is 5.50. The van der Waals surface area contributed by atoms with Crippen molar-refractivity contribution in [2.24, 2.45) is 0 Å². The van der Waals surface area contributed by atoms with Crippen LogP contribution in [0.1, 0.15) is 38.4 Å². The van der Waals surface area contributed by atoms with Crippen molar-refractivity contribution in [3.8, 4) is 11.8 Å². The monoisotopic (exact) mass is 264 g/mol. The zero-order valence-corrected chi connectivity index (χ0v) is 11.9. The fraction of sp³-hybridized carbons (Fsp3) is 0.467. The first-order valence-corrected chi connectivity index (χ1v) is 7.34. The summed E-state index contributed by atoms with van der Waals surface area (Å²) in [5, 5.41) is 20.0. The van der Waals surface area contributed by atoms with Gasteiger partial charge in [-0.25, -0.2) is 0 Å². The van der Waals surface area contributed by atoms with E-state index >= 15 is 0 Å². The summed E-state index contributed by atoms with van der Waals surface area (Å²) in [5.41, 5.74) is -0.227. The number of thioether (sulfide) groups is 1. The van der Waals surface area contributed by atoms with E-state index in [0.717, 1.165) is 10.5 Å². The number of benzene rings is 1. The average molecular weight is 264 g/mol. The molecule has 1 rings (SSSR count). The topological polar surface area (TPSA) is 40.5 Å². The zero-order chi connectivity index (χ0) is 13.6. The normalized spacial score (nSPS) is 12.7. The van der Waals surface area contributed by atoms with Crippen molar-refractivity contribution in [1.82, 2.24) is 0 Å². The van der Waals surface area contributed by atoms with Crippen LogP contribution >= 0.6 is 11.8 Å². The van der Waals surface area contributed by atoms with Gasteiger partial charge in [0, 0.05) is 4.90 Å². The molecule has 1 atom stereocenters. The van der Waals surface area contributed by atoms with Crippen molar-refractivity contribution in [3.63, 3.8) is 0 Å². The minimum atomic E-state index is -0.986. The van der Waals surface area contributed by atoms with Gasteiger partial charge in [0.2, 0.25) is 0 Å². The van der Waals surface area contributed by atoms with Crippen molar-refractivity contribution in [1.29, 1.82) is 0 Å². The van der Waals surface area contributed by atoms with Gasteiger partial charge in [0.25, 0.3) is 0 Å². The lowest BCUT2D eigenvalue weighted by molar-refractivity contribution is 0.0923. The lowest BCUT2D eigenvalue weighted by Crippen LogP contribution is -2.24. The number of hydrogen-bond acceptors (Lipinski definition) is 3. The van der Waals surface area contributed by atoms with Crippen LogP contribution in [0.25, 0.3) is 0 Å². The smallest absolute Gasteiger partial charge is 0.140 e. The first kappa shape index (κ1) is 15.1. The Bertz CT molecular complexity index is 424. The third kappa shape index (κ3) is 4.06. The first-order valence-electron chi connectivity index (χ1n) is 6.11. The van der Waals surface area contributed by atoms with Crippen molar-refractivity contribution in [2.75, 3.05) is 6.26 Å². The van der Waals surface area contributed by atoms with Gasteiger partial charge in [-0.1, -0.05) is 37.8 Å². The molecule has 0 heterocycles. The molecule has 2 nitrogen and oxygen atoms in total. The van der Waals surface area contributed by atoms with Crippen LogP contribution in [0, 0.1) is 11.8 Å². The zero-order valence-electron chi connectivity index (χ0n) is 11.1. The number of aliphatic hydroxyl groups excluding tert-OH is 1. The summed E-state index contributed by atoms with van der Waals surface area (Å²) in [7, 11) is 0. The molecular formula is C15H20O2S. The van der Waals surface area contributed by atoms with Crippen LogP contribution in [-0.4, -0.2) is 22.1 Å². The van der Waals surface area contributed by atoms with E-state index in [-0.39, 0.29) is 0 Å². The first-order chi connectivity index (χ1) is 8.54. The maximum Gasteiger partial charge on any atom is 0.140 e. The fourth-order valence-corrected chi connectivity index (χ4v) is 1.91. The Morgan fingerprint density at radius 2 is 1.78 bits per heavy atom. The second-order valence-corrected chi connectivity index (χ2v) is 5.06. The second-order valence-electron chi connectivity index (χ2n) is 4.18. The van der Waals surface area contributed by atoms with Gasteiger partial charge in [-0.05, 0) is 36.8 Å². The van der Waals surface area contributed by atoms with Gasteiger partial charge < -0.3 is 10.2 Å². The molecule has 0 aliphatic heterocycles. The Labute approximate surface area is 113 Å². The highest BCUT2D eigenvalue weighted by molar-refractivity contribution is 7.98. The van der Waals surface area contributed by atoms with Crippen LogP contribution < -0.4 is 0 Å². The molecule has 0 aromatic heterocycles. The molecule has 0 spiro atoms. The van der Waals surface area contributed by atoms with Crippen LogP contribution in [0.3, 0.4) is 0 Å². The number of aliphatic hydroxyl groups is 2. The molecule has 0 amide bonds. The van der Waals surface area contributed by atoms with E-state index in [1.54, 1.807) is 11.8 Å². The number of hydrogen-bond donors (Lipinski definition) is 2. The molecule has 3 heteroatoms. The lowest BCUT2D eigenvalue weighted by Gasteiger charge is -2.17.